The van der Waals surface area contributed by atoms with Crippen molar-refractivity contribution in [2.45, 2.75) is 44.3 Å². The van der Waals surface area contributed by atoms with E-state index in [1.807, 2.05) is 78.9 Å². The Balaban J connectivity index is 1.41. The summed E-state index contributed by atoms with van der Waals surface area (Å²) >= 11 is 0. The lowest BCUT2D eigenvalue weighted by molar-refractivity contribution is -0.118. The molecule has 1 saturated heterocycles. The molecule has 1 amide bonds. The quantitative estimate of drug-likeness (QED) is 0.103. The summed E-state index contributed by atoms with van der Waals surface area (Å²) in [5.74, 6) is 0.687. The minimum atomic E-state index is -3.52. The smallest absolute Gasteiger partial charge is 0.327 e. The maximum absolute atomic E-state index is 13.2. The number of benzene rings is 3. The van der Waals surface area contributed by atoms with E-state index in [0.29, 0.717) is 11.5 Å². The fourth-order valence-electron chi connectivity index (χ4n) is 6.16. The number of hydrogen-bond acceptors (Lipinski definition) is 11. The van der Waals surface area contributed by atoms with Crippen molar-refractivity contribution in [3.63, 3.8) is 0 Å². The Morgan fingerprint density at radius 1 is 0.981 bits per heavy atom. The molecule has 4 atom stereocenters. The molecular weight excluding hydrogens is 689 g/mol. The Morgan fingerprint density at radius 2 is 1.58 bits per heavy atom. The number of ether oxygens (including phenoxy) is 4. The Morgan fingerprint density at radius 3 is 2.13 bits per heavy atom. The molecule has 2 aromatic heterocycles. The van der Waals surface area contributed by atoms with Gasteiger partial charge < -0.3 is 28.0 Å². The fourth-order valence-corrected chi connectivity index (χ4v) is 6.96. The first-order chi connectivity index (χ1) is 25.0. The van der Waals surface area contributed by atoms with Gasteiger partial charge in [0.2, 0.25) is 11.9 Å². The van der Waals surface area contributed by atoms with Crippen LogP contribution < -0.4 is 20.3 Å². The Hall–Kier alpha value is -4.85. The summed E-state index contributed by atoms with van der Waals surface area (Å²) in [7, 11) is 1.02. The lowest BCUT2D eigenvalue weighted by atomic mass is 9.80. The number of H-pyrrole nitrogens is 1. The van der Waals surface area contributed by atoms with E-state index in [1.54, 1.807) is 32.6 Å². The molecule has 14 nitrogen and oxygen atoms in total. The van der Waals surface area contributed by atoms with E-state index in [2.05, 4.69) is 20.3 Å². The third kappa shape index (κ3) is 7.52. The van der Waals surface area contributed by atoms with Crippen molar-refractivity contribution < 1.29 is 37.4 Å². The van der Waals surface area contributed by atoms with Crippen molar-refractivity contribution in [1.82, 2.24) is 19.5 Å². The number of aromatic amines is 1. The lowest BCUT2D eigenvalue weighted by Crippen LogP contribution is -2.38. The van der Waals surface area contributed by atoms with Crippen LogP contribution in [0, 0.1) is 5.92 Å². The van der Waals surface area contributed by atoms with Crippen LogP contribution >= 0.6 is 7.60 Å². The zero-order chi connectivity index (χ0) is 37.0. The van der Waals surface area contributed by atoms with Gasteiger partial charge in [-0.05, 0) is 41.0 Å². The van der Waals surface area contributed by atoms with Crippen molar-refractivity contribution in [1.29, 1.82) is 0 Å². The number of anilines is 1. The van der Waals surface area contributed by atoms with Crippen LogP contribution in [0.15, 0.2) is 90.0 Å². The van der Waals surface area contributed by atoms with Gasteiger partial charge in [0.05, 0.1) is 33.3 Å². The number of carbonyl (C=O) groups excluding carboxylic acids is 1. The molecule has 5 aromatic rings. The van der Waals surface area contributed by atoms with E-state index in [0.717, 1.165) is 16.7 Å². The average Bonchev–Trinajstić information content (AvgIpc) is 3.76. The second-order valence-electron chi connectivity index (χ2n) is 12.7. The van der Waals surface area contributed by atoms with Crippen molar-refractivity contribution in [3.8, 4) is 11.5 Å². The molecule has 52 heavy (non-hydrogen) atoms. The number of fused-ring (bicyclic) bond motifs is 1. The maximum atomic E-state index is 13.2. The van der Waals surface area contributed by atoms with Crippen LogP contribution in [0.3, 0.4) is 0 Å². The topological polar surface area (TPSA) is 165 Å². The minimum Gasteiger partial charge on any atom is -0.497 e. The highest BCUT2D eigenvalue weighted by atomic mass is 31.2. The molecule has 1 aliphatic heterocycles. The van der Waals surface area contributed by atoms with E-state index in [1.165, 1.54) is 20.1 Å². The molecule has 0 radical (unpaired) electrons. The van der Waals surface area contributed by atoms with Crippen LogP contribution in [0.1, 0.15) is 43.2 Å². The van der Waals surface area contributed by atoms with Gasteiger partial charge in [0.25, 0.3) is 5.56 Å². The van der Waals surface area contributed by atoms with Crippen LogP contribution in [0.5, 0.6) is 11.5 Å². The monoisotopic (exact) mass is 731 g/mol. The standard InChI is InChI=1S/C37H42N5O9P/c1-23(2)34(43)40-36-39-33-32(35(44)41-36)38-22-42(33)31-20-29(51-52(6,45)48-5)30(50-31)21-49-37(24-10-8-7-9-11-24,25-12-16-27(46-3)17-13-25)26-14-18-28(47-4)19-15-26/h7-19,22-23,29-31H,20-21H2,1-6H3,(H2,39,40,41,43,44)/t29-,30+,31?,52?/m0/s1. The number of methoxy groups -OCH3 is 2. The number of imidazole rings is 1. The average molecular weight is 732 g/mol. The van der Waals surface area contributed by atoms with Gasteiger partial charge in [0.1, 0.15) is 29.4 Å². The first-order valence-corrected chi connectivity index (χ1v) is 18.7. The second kappa shape index (κ2) is 15.4. The Kier molecular flexibility index (Phi) is 10.9. The summed E-state index contributed by atoms with van der Waals surface area (Å²) in [4.78, 5) is 36.7. The van der Waals surface area contributed by atoms with Crippen LogP contribution in [0.4, 0.5) is 5.95 Å². The van der Waals surface area contributed by atoms with Gasteiger partial charge in [-0.15, -0.1) is 0 Å². The summed E-state index contributed by atoms with van der Waals surface area (Å²) < 4.78 is 50.8. The number of rotatable bonds is 14. The number of carbonyl (C=O) groups is 1. The van der Waals surface area contributed by atoms with Crippen molar-refractivity contribution in [2.24, 2.45) is 5.92 Å². The molecule has 0 aliphatic carbocycles. The molecule has 2 N–H and O–H groups in total. The van der Waals surface area contributed by atoms with Gasteiger partial charge in [-0.3, -0.25) is 29.0 Å². The highest BCUT2D eigenvalue weighted by molar-refractivity contribution is 7.52. The van der Waals surface area contributed by atoms with Crippen LogP contribution in [-0.2, 0) is 33.5 Å². The molecule has 274 valence electrons. The van der Waals surface area contributed by atoms with Crippen molar-refractivity contribution >= 4 is 30.6 Å². The second-order valence-corrected chi connectivity index (χ2v) is 14.8. The molecule has 0 saturated carbocycles. The number of aromatic nitrogens is 4. The molecule has 3 aromatic carbocycles. The summed E-state index contributed by atoms with van der Waals surface area (Å²) in [6.45, 7) is 4.81. The van der Waals surface area contributed by atoms with Crippen molar-refractivity contribution in [3.05, 3.63) is 112 Å². The van der Waals surface area contributed by atoms with E-state index >= 15 is 0 Å². The highest BCUT2D eigenvalue weighted by Crippen LogP contribution is 2.49. The van der Waals surface area contributed by atoms with Gasteiger partial charge in [-0.1, -0.05) is 68.4 Å². The maximum Gasteiger partial charge on any atom is 0.327 e. The summed E-state index contributed by atoms with van der Waals surface area (Å²) in [6, 6.07) is 25.1. The SMILES string of the molecule is COc1ccc(C(OC[C@H]2OC(n3cnc4c(=O)[nH]c(NC(=O)C(C)C)nc43)C[C@@H]2OP(C)(=O)OC)(c2ccccc2)c2ccc(OC)cc2)cc1. The number of nitrogens with zero attached hydrogens (tertiary/aromatic N) is 3. The zero-order valence-electron chi connectivity index (χ0n) is 29.8. The summed E-state index contributed by atoms with van der Waals surface area (Å²) in [5.41, 5.74) is 1.03. The van der Waals surface area contributed by atoms with Gasteiger partial charge in [0, 0.05) is 26.1 Å². The van der Waals surface area contributed by atoms with Gasteiger partial charge in [0.15, 0.2) is 11.2 Å². The van der Waals surface area contributed by atoms with E-state index in [4.69, 9.17) is 28.0 Å². The third-order valence-electron chi connectivity index (χ3n) is 8.99. The number of nitrogens with one attached hydrogen (secondary N) is 2. The summed E-state index contributed by atoms with van der Waals surface area (Å²) in [5, 5.41) is 2.63. The van der Waals surface area contributed by atoms with Gasteiger partial charge >= 0.3 is 7.60 Å². The molecule has 1 aliphatic rings. The number of amides is 1. The van der Waals surface area contributed by atoms with Crippen LogP contribution in [0.2, 0.25) is 0 Å². The number of hydrogen-bond donors (Lipinski definition) is 2. The van der Waals surface area contributed by atoms with Gasteiger partial charge in [-0.25, -0.2) is 4.98 Å². The molecule has 15 heteroatoms. The van der Waals surface area contributed by atoms with Crippen LogP contribution in [-0.4, -0.2) is 72.2 Å². The summed E-state index contributed by atoms with van der Waals surface area (Å²) in [6.07, 6.45) is -0.701. The Labute approximate surface area is 300 Å². The van der Waals surface area contributed by atoms with E-state index < -0.39 is 37.2 Å². The predicted octanol–water partition coefficient (Wildman–Crippen LogP) is 5.88. The molecule has 0 spiro atoms. The lowest BCUT2D eigenvalue weighted by Gasteiger charge is -2.37. The fraction of sp³-hybridized carbons (Fsp3) is 0.351. The van der Waals surface area contributed by atoms with E-state index in [9.17, 15) is 14.2 Å². The predicted molar refractivity (Wildman–Crippen MR) is 194 cm³/mol. The van der Waals surface area contributed by atoms with Crippen LogP contribution in [0.25, 0.3) is 11.2 Å². The van der Waals surface area contributed by atoms with Crippen molar-refractivity contribution in [2.75, 3.05) is 39.9 Å². The minimum absolute atomic E-state index is 0.0206. The molecule has 2 unspecified atom stereocenters. The molecular formula is C37H42N5O9P. The Bertz CT molecular complexity index is 2060. The third-order valence-corrected chi connectivity index (χ3v) is 10.3. The zero-order valence-corrected chi connectivity index (χ0v) is 30.7. The normalized spacial score (nSPS) is 18.7. The molecule has 3 heterocycles. The highest BCUT2D eigenvalue weighted by Gasteiger charge is 2.45. The van der Waals surface area contributed by atoms with Gasteiger partial charge in [-0.2, -0.15) is 4.98 Å². The molecule has 0 bridgehead atoms. The molecule has 1 fully saturated rings. The first-order valence-electron chi connectivity index (χ1n) is 16.7. The molecule has 6 rings (SSSR count). The first kappa shape index (κ1) is 36.9. The van der Waals surface area contributed by atoms with E-state index in [-0.39, 0.29) is 42.0 Å². The largest absolute Gasteiger partial charge is 0.497 e.